The predicted octanol–water partition coefficient (Wildman–Crippen LogP) is 3.16. The first-order valence-corrected chi connectivity index (χ1v) is 13.8. The molecule has 0 spiro atoms. The quantitative estimate of drug-likeness (QED) is 0.352. The molecule has 2 aromatic heterocycles. The Morgan fingerprint density at radius 1 is 0.944 bits per heavy atom. The van der Waals surface area contributed by atoms with E-state index in [1.54, 1.807) is 36.7 Å². The van der Waals surface area contributed by atoms with Crippen LogP contribution in [0.15, 0.2) is 78.1 Å². The summed E-state index contributed by atoms with van der Waals surface area (Å²) >= 11 is -2.19. The van der Waals surface area contributed by atoms with Crippen molar-refractivity contribution >= 4 is 43.8 Å². The Labute approximate surface area is 211 Å². The standard InChI is InChI=1S/C24H24N6O4S2/c31-35(32)30-10-8-19(9-11-30)27-24-16-26-22-7-6-17(13-23(22)28-24)18-12-20(15-25-14-18)29-36(33,34)21-4-2-1-3-5-21/h1-7,12-16,19,29H,8-11H2,(H,27,28)(H,31,32)/p-1. The predicted molar refractivity (Wildman–Crippen MR) is 137 cm³/mol. The fourth-order valence-corrected chi connectivity index (χ4v) is 5.65. The molecule has 3 heterocycles. The molecule has 186 valence electrons. The van der Waals surface area contributed by atoms with Gasteiger partial charge >= 0.3 is 0 Å². The summed E-state index contributed by atoms with van der Waals surface area (Å²) in [6.07, 6.45) is 6.15. The van der Waals surface area contributed by atoms with Gasteiger partial charge in [-0.05, 0) is 48.7 Å². The van der Waals surface area contributed by atoms with Crippen molar-refractivity contribution in [1.82, 2.24) is 19.3 Å². The number of rotatable bonds is 7. The molecule has 0 amide bonds. The third kappa shape index (κ3) is 5.51. The van der Waals surface area contributed by atoms with Crippen molar-refractivity contribution in [2.24, 2.45) is 0 Å². The van der Waals surface area contributed by atoms with Gasteiger partial charge in [-0.15, -0.1) is 0 Å². The van der Waals surface area contributed by atoms with Gasteiger partial charge in [0.25, 0.3) is 10.0 Å². The molecule has 0 bridgehead atoms. The van der Waals surface area contributed by atoms with E-state index in [2.05, 4.69) is 20.0 Å². The summed E-state index contributed by atoms with van der Waals surface area (Å²) in [5, 5.41) is 3.35. The molecule has 2 N–H and O–H groups in total. The van der Waals surface area contributed by atoms with E-state index < -0.39 is 21.3 Å². The first-order chi connectivity index (χ1) is 17.4. The summed E-state index contributed by atoms with van der Waals surface area (Å²) in [6, 6.07) is 15.6. The van der Waals surface area contributed by atoms with Crippen LogP contribution in [0.2, 0.25) is 0 Å². The van der Waals surface area contributed by atoms with E-state index >= 15 is 0 Å². The summed E-state index contributed by atoms with van der Waals surface area (Å²) in [6.45, 7) is 0.937. The zero-order valence-corrected chi connectivity index (χ0v) is 20.7. The van der Waals surface area contributed by atoms with Gasteiger partial charge in [-0.2, -0.15) is 0 Å². The number of hydrogen-bond acceptors (Lipinski definition) is 8. The molecular formula is C24H23N6O4S2-. The molecule has 1 atom stereocenters. The Bertz CT molecular complexity index is 1510. The van der Waals surface area contributed by atoms with Crippen molar-refractivity contribution in [1.29, 1.82) is 0 Å². The highest BCUT2D eigenvalue weighted by molar-refractivity contribution is 7.92. The highest BCUT2D eigenvalue weighted by atomic mass is 32.2. The lowest BCUT2D eigenvalue weighted by atomic mass is 10.1. The number of sulfonamides is 1. The number of anilines is 2. The number of hydrogen-bond donors (Lipinski definition) is 2. The number of benzene rings is 2. The highest BCUT2D eigenvalue weighted by Crippen LogP contribution is 2.26. The van der Waals surface area contributed by atoms with Gasteiger partial charge < -0.3 is 9.87 Å². The zero-order chi connectivity index (χ0) is 25.1. The van der Waals surface area contributed by atoms with Crippen molar-refractivity contribution in [2.45, 2.75) is 23.8 Å². The smallest absolute Gasteiger partial charge is 0.261 e. The van der Waals surface area contributed by atoms with Crippen molar-refractivity contribution in [2.75, 3.05) is 23.1 Å². The molecule has 0 aliphatic carbocycles. The first kappa shape index (κ1) is 24.3. The fourth-order valence-electron chi connectivity index (χ4n) is 4.09. The van der Waals surface area contributed by atoms with E-state index in [1.807, 2.05) is 18.2 Å². The molecule has 4 aromatic rings. The van der Waals surface area contributed by atoms with Crippen molar-refractivity contribution < 1.29 is 17.2 Å². The maximum Gasteiger partial charge on any atom is 0.261 e. The van der Waals surface area contributed by atoms with Crippen LogP contribution in [0.5, 0.6) is 0 Å². The Kier molecular flexibility index (Phi) is 6.92. The lowest BCUT2D eigenvalue weighted by molar-refractivity contribution is 0.318. The van der Waals surface area contributed by atoms with Crippen LogP contribution in [0, 0.1) is 0 Å². The monoisotopic (exact) mass is 523 g/mol. The minimum atomic E-state index is -3.73. The second-order valence-electron chi connectivity index (χ2n) is 8.40. The summed E-state index contributed by atoms with van der Waals surface area (Å²) in [5.41, 5.74) is 3.28. The molecule has 2 aromatic carbocycles. The summed E-state index contributed by atoms with van der Waals surface area (Å²) < 4.78 is 51.6. The molecule has 1 fully saturated rings. The summed E-state index contributed by atoms with van der Waals surface area (Å²) in [7, 11) is -3.73. The second kappa shape index (κ2) is 10.3. The number of nitrogens with one attached hydrogen (secondary N) is 2. The van der Waals surface area contributed by atoms with Gasteiger partial charge in [0.15, 0.2) is 0 Å². The van der Waals surface area contributed by atoms with E-state index in [1.165, 1.54) is 22.6 Å². The molecule has 5 rings (SSSR count). The lowest BCUT2D eigenvalue weighted by Gasteiger charge is -2.33. The average Bonchev–Trinajstić information content (AvgIpc) is 2.89. The van der Waals surface area contributed by atoms with Gasteiger partial charge in [0.1, 0.15) is 5.82 Å². The third-order valence-corrected chi connectivity index (χ3v) is 8.12. The van der Waals surface area contributed by atoms with E-state index in [-0.39, 0.29) is 10.9 Å². The average molecular weight is 524 g/mol. The number of fused-ring (bicyclic) bond motifs is 1. The molecule has 1 aliphatic heterocycles. The molecule has 0 radical (unpaired) electrons. The topological polar surface area (TPSA) is 140 Å². The van der Waals surface area contributed by atoms with Crippen LogP contribution in [0.25, 0.3) is 22.2 Å². The van der Waals surface area contributed by atoms with Crippen LogP contribution in [0.3, 0.4) is 0 Å². The molecular weight excluding hydrogens is 500 g/mol. The van der Waals surface area contributed by atoms with Crippen molar-refractivity contribution in [3.8, 4) is 11.1 Å². The van der Waals surface area contributed by atoms with E-state index in [4.69, 9.17) is 4.98 Å². The van der Waals surface area contributed by atoms with Gasteiger partial charge in [-0.3, -0.25) is 18.9 Å². The first-order valence-electron chi connectivity index (χ1n) is 11.3. The Balaban J connectivity index is 1.35. The maximum atomic E-state index is 12.7. The van der Waals surface area contributed by atoms with Crippen LogP contribution in [0.4, 0.5) is 11.5 Å². The molecule has 10 nitrogen and oxygen atoms in total. The largest absolute Gasteiger partial charge is 0.760 e. The number of pyridine rings is 1. The van der Waals surface area contributed by atoms with E-state index in [0.717, 1.165) is 16.6 Å². The second-order valence-corrected chi connectivity index (χ2v) is 11.0. The number of piperidine rings is 1. The van der Waals surface area contributed by atoms with Gasteiger partial charge in [0, 0.05) is 42.2 Å². The normalized spacial score (nSPS) is 16.0. The molecule has 36 heavy (non-hydrogen) atoms. The van der Waals surface area contributed by atoms with Gasteiger partial charge in [0.05, 0.1) is 34.0 Å². The maximum absolute atomic E-state index is 12.7. The Hall–Kier alpha value is -3.45. The Morgan fingerprint density at radius 2 is 1.72 bits per heavy atom. The number of nitrogens with zero attached hydrogens (tertiary/aromatic N) is 4. The van der Waals surface area contributed by atoms with Gasteiger partial charge in [-0.1, -0.05) is 24.3 Å². The van der Waals surface area contributed by atoms with Gasteiger partial charge in [-0.25, -0.2) is 17.7 Å². The minimum absolute atomic E-state index is 0.109. The van der Waals surface area contributed by atoms with Gasteiger partial charge in [0.2, 0.25) is 0 Å². The summed E-state index contributed by atoms with van der Waals surface area (Å²) in [4.78, 5) is 13.6. The van der Waals surface area contributed by atoms with Crippen molar-refractivity contribution in [3.63, 3.8) is 0 Å². The van der Waals surface area contributed by atoms with Crippen LogP contribution in [-0.4, -0.2) is 55.6 Å². The molecule has 1 saturated heterocycles. The van der Waals surface area contributed by atoms with Crippen LogP contribution in [0.1, 0.15) is 12.8 Å². The highest BCUT2D eigenvalue weighted by Gasteiger charge is 2.20. The van der Waals surface area contributed by atoms with Crippen LogP contribution in [-0.2, 0) is 21.3 Å². The fraction of sp³-hybridized carbons (Fsp3) is 0.208. The van der Waals surface area contributed by atoms with Crippen molar-refractivity contribution in [3.05, 3.63) is 73.2 Å². The zero-order valence-electron chi connectivity index (χ0n) is 19.1. The number of aromatic nitrogens is 3. The van der Waals surface area contributed by atoms with Crippen LogP contribution >= 0.6 is 0 Å². The summed E-state index contributed by atoms with van der Waals surface area (Å²) in [5.74, 6) is 0.615. The lowest BCUT2D eigenvalue weighted by Crippen LogP contribution is -2.39. The minimum Gasteiger partial charge on any atom is -0.760 e. The third-order valence-electron chi connectivity index (χ3n) is 5.94. The molecule has 1 unspecified atom stereocenters. The molecule has 0 saturated carbocycles. The molecule has 12 heteroatoms. The molecule has 1 aliphatic rings. The van der Waals surface area contributed by atoms with Crippen LogP contribution < -0.4 is 10.0 Å². The Morgan fingerprint density at radius 3 is 2.47 bits per heavy atom. The van der Waals surface area contributed by atoms with E-state index in [9.17, 15) is 17.2 Å². The SMILES string of the molecule is O=S([O-])N1CCC(Nc2cnc3ccc(-c4cncc(NS(=O)(=O)c5ccccc5)c4)cc3n2)CC1. The van der Waals surface area contributed by atoms with E-state index in [0.29, 0.717) is 43.0 Å².